The predicted molar refractivity (Wildman–Crippen MR) is 95.5 cm³/mol. The summed E-state index contributed by atoms with van der Waals surface area (Å²) in [5.41, 5.74) is 0.329. The maximum atomic E-state index is 12.5. The van der Waals surface area contributed by atoms with Gasteiger partial charge in [-0.2, -0.15) is 13.2 Å². The summed E-state index contributed by atoms with van der Waals surface area (Å²) < 4.78 is 47.9. The zero-order valence-electron chi connectivity index (χ0n) is 15.4. The van der Waals surface area contributed by atoms with Crippen LogP contribution in [-0.2, 0) is 33.5 Å². The van der Waals surface area contributed by atoms with E-state index in [1.54, 1.807) is 24.3 Å². The minimum atomic E-state index is -4.44. The fraction of sp³-hybridized carbons (Fsp3) is 0.300. The summed E-state index contributed by atoms with van der Waals surface area (Å²) in [6.07, 6.45) is -5.72. The molecule has 5 nitrogen and oxygen atoms in total. The lowest BCUT2D eigenvalue weighted by molar-refractivity contribution is -0.154. The molecule has 1 amide bonds. The third-order valence-corrected chi connectivity index (χ3v) is 3.95. The Morgan fingerprint density at radius 2 is 1.71 bits per heavy atom. The molecule has 2 aromatic carbocycles. The third kappa shape index (κ3) is 6.00. The van der Waals surface area contributed by atoms with Crippen LogP contribution in [0.25, 0.3) is 0 Å². The molecule has 0 aliphatic carbocycles. The van der Waals surface area contributed by atoms with Crippen LogP contribution in [0.4, 0.5) is 13.2 Å². The molecule has 2 aromatic rings. The van der Waals surface area contributed by atoms with Crippen molar-refractivity contribution in [3.8, 4) is 5.75 Å². The Morgan fingerprint density at radius 3 is 2.32 bits per heavy atom. The van der Waals surface area contributed by atoms with Gasteiger partial charge in [0.05, 0.1) is 19.1 Å². The molecule has 150 valence electrons. The highest BCUT2D eigenvalue weighted by molar-refractivity contribution is 5.83. The summed E-state index contributed by atoms with van der Waals surface area (Å²) in [5.74, 6) is -0.582. The van der Waals surface area contributed by atoms with E-state index in [-0.39, 0.29) is 13.0 Å². The van der Waals surface area contributed by atoms with E-state index in [4.69, 9.17) is 9.47 Å². The molecule has 0 saturated heterocycles. The SMILES string of the molecule is COc1ccccc1CNC(=O)C(C)OC(=O)Cc1ccc(C(F)(F)F)cc1. The van der Waals surface area contributed by atoms with E-state index in [9.17, 15) is 22.8 Å². The number of nitrogens with one attached hydrogen (secondary N) is 1. The highest BCUT2D eigenvalue weighted by Gasteiger charge is 2.30. The zero-order chi connectivity index (χ0) is 20.7. The van der Waals surface area contributed by atoms with Crippen LogP contribution in [0, 0.1) is 0 Å². The fourth-order valence-corrected chi connectivity index (χ4v) is 2.45. The zero-order valence-corrected chi connectivity index (χ0v) is 15.4. The quantitative estimate of drug-likeness (QED) is 0.729. The molecule has 0 bridgehead atoms. The van der Waals surface area contributed by atoms with Gasteiger partial charge in [-0.3, -0.25) is 9.59 Å². The van der Waals surface area contributed by atoms with Gasteiger partial charge in [-0.1, -0.05) is 30.3 Å². The Morgan fingerprint density at radius 1 is 1.07 bits per heavy atom. The van der Waals surface area contributed by atoms with Crippen molar-refractivity contribution in [2.45, 2.75) is 32.2 Å². The Labute approximate surface area is 160 Å². The first-order chi connectivity index (χ1) is 13.2. The van der Waals surface area contributed by atoms with Crippen molar-refractivity contribution in [3.63, 3.8) is 0 Å². The molecule has 0 radical (unpaired) electrons. The normalized spacial score (nSPS) is 12.2. The first kappa shape index (κ1) is 21.3. The average Bonchev–Trinajstić information content (AvgIpc) is 2.65. The number of carbonyl (C=O) groups is 2. The van der Waals surface area contributed by atoms with E-state index in [1.807, 2.05) is 0 Å². The lowest BCUT2D eigenvalue weighted by Crippen LogP contribution is -2.35. The van der Waals surface area contributed by atoms with Crippen LogP contribution in [0.5, 0.6) is 5.75 Å². The largest absolute Gasteiger partial charge is 0.496 e. The van der Waals surface area contributed by atoms with Gasteiger partial charge >= 0.3 is 12.1 Å². The van der Waals surface area contributed by atoms with Crippen molar-refractivity contribution in [1.82, 2.24) is 5.32 Å². The molecule has 0 aliphatic heterocycles. The van der Waals surface area contributed by atoms with Crippen molar-refractivity contribution >= 4 is 11.9 Å². The number of ether oxygens (including phenoxy) is 2. The smallest absolute Gasteiger partial charge is 0.416 e. The van der Waals surface area contributed by atoms with Crippen LogP contribution in [0.2, 0.25) is 0 Å². The molecule has 28 heavy (non-hydrogen) atoms. The van der Waals surface area contributed by atoms with Crippen LogP contribution >= 0.6 is 0 Å². The first-order valence-corrected chi connectivity index (χ1v) is 8.46. The topological polar surface area (TPSA) is 64.6 Å². The second-order valence-corrected chi connectivity index (χ2v) is 6.03. The van der Waals surface area contributed by atoms with E-state index >= 15 is 0 Å². The van der Waals surface area contributed by atoms with E-state index in [0.29, 0.717) is 11.3 Å². The molecule has 1 unspecified atom stereocenters. The molecule has 8 heteroatoms. The van der Waals surface area contributed by atoms with Crippen LogP contribution in [-0.4, -0.2) is 25.1 Å². The number of para-hydroxylation sites is 1. The number of esters is 1. The highest BCUT2D eigenvalue weighted by atomic mass is 19.4. The van der Waals surface area contributed by atoms with Crippen molar-refractivity contribution in [2.24, 2.45) is 0 Å². The standard InChI is InChI=1S/C20H20F3NO4/c1-13(19(26)24-12-15-5-3-4-6-17(15)27-2)28-18(25)11-14-7-9-16(10-8-14)20(21,22)23/h3-10,13H,11-12H2,1-2H3,(H,24,26). The average molecular weight is 395 g/mol. The Kier molecular flexibility index (Phi) is 7.03. The van der Waals surface area contributed by atoms with Gasteiger partial charge in [-0.25, -0.2) is 0 Å². The number of methoxy groups -OCH3 is 1. The molecular formula is C20H20F3NO4. The second kappa shape index (κ2) is 9.25. The van der Waals surface area contributed by atoms with Gasteiger partial charge in [0.15, 0.2) is 6.10 Å². The molecule has 2 rings (SSSR count). The number of rotatable bonds is 7. The summed E-state index contributed by atoms with van der Waals surface area (Å²) in [6, 6.07) is 11.4. The van der Waals surface area contributed by atoms with Crippen LogP contribution < -0.4 is 10.1 Å². The van der Waals surface area contributed by atoms with Gasteiger partial charge in [0.1, 0.15) is 5.75 Å². The molecular weight excluding hydrogens is 375 g/mol. The van der Waals surface area contributed by atoms with Gasteiger partial charge in [-0.15, -0.1) is 0 Å². The lowest BCUT2D eigenvalue weighted by atomic mass is 10.1. The number of alkyl halides is 3. The highest BCUT2D eigenvalue weighted by Crippen LogP contribution is 2.29. The molecule has 1 atom stereocenters. The third-order valence-electron chi connectivity index (χ3n) is 3.95. The second-order valence-electron chi connectivity index (χ2n) is 6.03. The van der Waals surface area contributed by atoms with Crippen molar-refractivity contribution < 1.29 is 32.2 Å². The van der Waals surface area contributed by atoms with Gasteiger partial charge in [0.25, 0.3) is 5.91 Å². The Bertz CT molecular complexity index is 819. The van der Waals surface area contributed by atoms with Gasteiger partial charge in [0, 0.05) is 12.1 Å². The van der Waals surface area contributed by atoms with Crippen LogP contribution in [0.1, 0.15) is 23.6 Å². The van der Waals surface area contributed by atoms with Gasteiger partial charge < -0.3 is 14.8 Å². The number of halogens is 3. The number of amides is 1. The monoisotopic (exact) mass is 395 g/mol. The number of hydrogen-bond acceptors (Lipinski definition) is 4. The van der Waals surface area contributed by atoms with Crippen molar-refractivity contribution in [2.75, 3.05) is 7.11 Å². The Balaban J connectivity index is 1.85. The predicted octanol–water partition coefficient (Wildman–Crippen LogP) is 3.50. The molecule has 0 fully saturated rings. The molecule has 1 N–H and O–H groups in total. The molecule has 0 saturated carbocycles. The summed E-state index contributed by atoms with van der Waals surface area (Å²) >= 11 is 0. The minimum absolute atomic E-state index is 0.198. The van der Waals surface area contributed by atoms with Crippen molar-refractivity contribution in [1.29, 1.82) is 0 Å². The molecule has 0 spiro atoms. The maximum Gasteiger partial charge on any atom is 0.416 e. The van der Waals surface area contributed by atoms with Gasteiger partial charge in [0.2, 0.25) is 0 Å². The fourth-order valence-electron chi connectivity index (χ4n) is 2.45. The van der Waals surface area contributed by atoms with Crippen LogP contribution in [0.3, 0.4) is 0 Å². The van der Waals surface area contributed by atoms with E-state index in [2.05, 4.69) is 5.32 Å². The van der Waals surface area contributed by atoms with Crippen LogP contribution in [0.15, 0.2) is 48.5 Å². The number of carbonyl (C=O) groups excluding carboxylic acids is 2. The van der Waals surface area contributed by atoms with E-state index in [1.165, 1.54) is 26.2 Å². The van der Waals surface area contributed by atoms with Gasteiger partial charge in [-0.05, 0) is 30.7 Å². The molecule has 0 aromatic heterocycles. The number of benzene rings is 2. The molecule has 0 heterocycles. The van der Waals surface area contributed by atoms with Crippen molar-refractivity contribution in [3.05, 3.63) is 65.2 Å². The minimum Gasteiger partial charge on any atom is -0.496 e. The van der Waals surface area contributed by atoms with E-state index in [0.717, 1.165) is 17.7 Å². The maximum absolute atomic E-state index is 12.5. The number of hydrogen-bond donors (Lipinski definition) is 1. The lowest BCUT2D eigenvalue weighted by Gasteiger charge is -2.15. The Hall–Kier alpha value is -3.03. The summed E-state index contributed by atoms with van der Waals surface area (Å²) in [5, 5.41) is 2.65. The summed E-state index contributed by atoms with van der Waals surface area (Å²) in [4.78, 5) is 24.0. The first-order valence-electron chi connectivity index (χ1n) is 8.46. The summed E-state index contributed by atoms with van der Waals surface area (Å²) in [6.45, 7) is 1.62. The van der Waals surface area contributed by atoms with E-state index < -0.39 is 29.7 Å². The summed E-state index contributed by atoms with van der Waals surface area (Å²) in [7, 11) is 1.52. The molecule has 0 aliphatic rings.